The third-order valence-corrected chi connectivity index (χ3v) is 7.93. The Bertz CT molecular complexity index is 1370. The fourth-order valence-corrected chi connectivity index (χ4v) is 5.86. The molecule has 3 aromatic rings. The Morgan fingerprint density at radius 2 is 1.79 bits per heavy atom. The molecule has 6 heteroatoms. The van der Waals surface area contributed by atoms with Crippen molar-refractivity contribution < 1.29 is 9.59 Å². The zero-order chi connectivity index (χ0) is 25.9. The van der Waals surface area contributed by atoms with Crippen molar-refractivity contribution in [1.29, 1.82) is 0 Å². The number of hydrogen-bond donors (Lipinski definition) is 3. The molecule has 1 saturated heterocycles. The normalized spacial score (nSPS) is 19.9. The smallest absolute Gasteiger partial charge is 0.257 e. The van der Waals surface area contributed by atoms with Gasteiger partial charge in [0.05, 0.1) is 11.6 Å². The summed E-state index contributed by atoms with van der Waals surface area (Å²) in [4.78, 5) is 28.5. The molecule has 1 aliphatic carbocycles. The number of aryl methyl sites for hydroxylation is 1. The summed E-state index contributed by atoms with van der Waals surface area (Å²) in [5.74, 6) is -0.293. The zero-order valence-corrected chi connectivity index (χ0v) is 21.6. The first-order valence-electron chi connectivity index (χ1n) is 13.8. The van der Waals surface area contributed by atoms with Crippen LogP contribution in [-0.2, 0) is 17.8 Å². The van der Waals surface area contributed by atoms with Gasteiger partial charge >= 0.3 is 0 Å². The molecule has 3 aliphatic rings. The second-order valence-corrected chi connectivity index (χ2v) is 10.6. The number of anilines is 2. The minimum absolute atomic E-state index is 0.00928. The fraction of sp³-hybridized carbons (Fsp3) is 0.312. The van der Waals surface area contributed by atoms with Crippen LogP contribution in [0, 0.1) is 0 Å². The average molecular weight is 507 g/mol. The molecule has 2 aliphatic heterocycles. The topological polar surface area (TPSA) is 73.5 Å². The Balaban J connectivity index is 1.15. The van der Waals surface area contributed by atoms with Gasteiger partial charge < -0.3 is 16.0 Å². The van der Waals surface area contributed by atoms with E-state index in [0.717, 1.165) is 42.7 Å². The first kappa shape index (κ1) is 24.4. The average Bonchev–Trinajstić information content (AvgIpc) is 3.27. The minimum Gasteiger partial charge on any atom is -0.361 e. The van der Waals surface area contributed by atoms with Crippen LogP contribution in [0.4, 0.5) is 11.4 Å². The number of hydrogen-bond acceptors (Lipinski definition) is 4. The van der Waals surface area contributed by atoms with Crippen molar-refractivity contribution in [2.24, 2.45) is 0 Å². The molecule has 6 rings (SSSR count). The van der Waals surface area contributed by atoms with Crippen molar-refractivity contribution in [3.05, 3.63) is 101 Å². The summed E-state index contributed by atoms with van der Waals surface area (Å²) in [5.41, 5.74) is 7.27. The summed E-state index contributed by atoms with van der Waals surface area (Å²) in [5, 5.41) is 9.41. The van der Waals surface area contributed by atoms with Crippen molar-refractivity contribution in [2.45, 2.75) is 51.1 Å². The van der Waals surface area contributed by atoms with Crippen molar-refractivity contribution in [3.63, 3.8) is 0 Å². The summed E-state index contributed by atoms with van der Waals surface area (Å²) in [6.45, 7) is 3.33. The Morgan fingerprint density at radius 1 is 0.974 bits per heavy atom. The molecule has 38 heavy (non-hydrogen) atoms. The maximum atomic E-state index is 13.2. The van der Waals surface area contributed by atoms with Crippen LogP contribution in [0.2, 0.25) is 0 Å². The Morgan fingerprint density at radius 3 is 2.63 bits per heavy atom. The van der Waals surface area contributed by atoms with Crippen molar-refractivity contribution in [3.8, 4) is 0 Å². The SMILES string of the molecule is O=C1Nc2ccc(C(=O)NC3CCCc4ccccc43)cc2/C1=C/Nc1ccc(CN2CCCCC2)cc1. The largest absolute Gasteiger partial charge is 0.361 e. The van der Waals surface area contributed by atoms with Crippen LogP contribution < -0.4 is 16.0 Å². The maximum absolute atomic E-state index is 13.2. The molecule has 3 N–H and O–H groups in total. The highest BCUT2D eigenvalue weighted by atomic mass is 16.2. The van der Waals surface area contributed by atoms with Gasteiger partial charge in [0, 0.05) is 35.2 Å². The maximum Gasteiger partial charge on any atom is 0.257 e. The monoisotopic (exact) mass is 506 g/mol. The number of carbonyl (C=O) groups is 2. The summed E-state index contributed by atoms with van der Waals surface area (Å²) in [6, 6.07) is 22.1. The predicted molar refractivity (Wildman–Crippen MR) is 152 cm³/mol. The molecule has 1 atom stereocenters. The third kappa shape index (κ3) is 5.22. The number of piperidine rings is 1. The van der Waals surface area contributed by atoms with E-state index >= 15 is 0 Å². The highest BCUT2D eigenvalue weighted by Gasteiger charge is 2.27. The summed E-state index contributed by atoms with van der Waals surface area (Å²) < 4.78 is 0. The van der Waals surface area contributed by atoms with Crippen molar-refractivity contribution in [1.82, 2.24) is 10.2 Å². The predicted octanol–water partition coefficient (Wildman–Crippen LogP) is 5.89. The molecule has 2 heterocycles. The molecule has 0 aromatic heterocycles. The number of benzene rings is 3. The second kappa shape index (κ2) is 10.8. The molecule has 194 valence electrons. The molecule has 2 amide bonds. The summed E-state index contributed by atoms with van der Waals surface area (Å²) in [6.07, 6.45) is 8.69. The molecule has 1 unspecified atom stereocenters. The molecule has 3 aromatic carbocycles. The minimum atomic E-state index is -0.173. The van der Waals surface area contributed by atoms with Crippen molar-refractivity contribution >= 4 is 28.8 Å². The molecule has 0 saturated carbocycles. The van der Waals surface area contributed by atoms with Gasteiger partial charge in [-0.15, -0.1) is 0 Å². The second-order valence-electron chi connectivity index (χ2n) is 10.6. The van der Waals surface area contributed by atoms with Crippen LogP contribution in [0.5, 0.6) is 0 Å². The van der Waals surface area contributed by atoms with E-state index in [1.807, 2.05) is 18.2 Å². The van der Waals surface area contributed by atoms with Crippen LogP contribution in [-0.4, -0.2) is 29.8 Å². The van der Waals surface area contributed by atoms with Crippen LogP contribution in [0.25, 0.3) is 5.57 Å². The van der Waals surface area contributed by atoms with Gasteiger partial charge in [0.25, 0.3) is 11.8 Å². The number of likely N-dealkylation sites (tertiary alicyclic amines) is 1. The lowest BCUT2D eigenvalue weighted by Crippen LogP contribution is -2.31. The molecular weight excluding hydrogens is 472 g/mol. The standard InChI is InChI=1S/C32H34N4O2/c37-31(34-29-10-6-8-23-7-2-3-9-26(23)29)24-13-16-30-27(19-24)28(32(38)35-30)20-33-25-14-11-22(12-15-25)21-36-17-4-1-5-18-36/h2-3,7,9,11-16,19-20,29,33H,1,4-6,8,10,17-18,21H2,(H,34,37)(H,35,38)/b28-20-. The van der Waals surface area contributed by atoms with Gasteiger partial charge in [-0.1, -0.05) is 42.8 Å². The molecule has 0 spiro atoms. The number of nitrogens with one attached hydrogen (secondary N) is 3. The number of fused-ring (bicyclic) bond motifs is 2. The lowest BCUT2D eigenvalue weighted by atomic mass is 9.87. The highest BCUT2D eigenvalue weighted by molar-refractivity contribution is 6.32. The van der Waals surface area contributed by atoms with E-state index in [9.17, 15) is 9.59 Å². The lowest BCUT2D eigenvalue weighted by molar-refractivity contribution is -0.110. The summed E-state index contributed by atoms with van der Waals surface area (Å²) in [7, 11) is 0. The van der Waals surface area contributed by atoms with E-state index in [0.29, 0.717) is 11.1 Å². The van der Waals surface area contributed by atoms with E-state index in [2.05, 4.69) is 63.3 Å². The Hall–Kier alpha value is -3.90. The van der Waals surface area contributed by atoms with Crippen LogP contribution >= 0.6 is 0 Å². The number of rotatable bonds is 6. The van der Waals surface area contributed by atoms with Crippen LogP contribution in [0.15, 0.2) is 72.9 Å². The zero-order valence-electron chi connectivity index (χ0n) is 21.6. The number of amides is 2. The third-order valence-electron chi connectivity index (χ3n) is 7.93. The lowest BCUT2D eigenvalue weighted by Gasteiger charge is -2.26. The van der Waals surface area contributed by atoms with Crippen LogP contribution in [0.3, 0.4) is 0 Å². The van der Waals surface area contributed by atoms with E-state index < -0.39 is 0 Å². The molecule has 6 nitrogen and oxygen atoms in total. The van der Waals surface area contributed by atoms with Crippen molar-refractivity contribution in [2.75, 3.05) is 23.7 Å². The molecule has 1 fully saturated rings. The van der Waals surface area contributed by atoms with Gasteiger partial charge in [-0.05, 0) is 92.2 Å². The van der Waals surface area contributed by atoms with Gasteiger partial charge in [-0.25, -0.2) is 0 Å². The quantitative estimate of drug-likeness (QED) is 0.365. The van der Waals surface area contributed by atoms with E-state index in [1.54, 1.807) is 12.3 Å². The van der Waals surface area contributed by atoms with E-state index in [-0.39, 0.29) is 17.9 Å². The van der Waals surface area contributed by atoms with Crippen LogP contribution in [0.1, 0.15) is 70.8 Å². The first-order chi connectivity index (χ1) is 18.6. The van der Waals surface area contributed by atoms with E-state index in [4.69, 9.17) is 0 Å². The van der Waals surface area contributed by atoms with E-state index in [1.165, 1.54) is 49.0 Å². The Kier molecular flexibility index (Phi) is 6.97. The van der Waals surface area contributed by atoms with Gasteiger partial charge in [0.15, 0.2) is 0 Å². The van der Waals surface area contributed by atoms with Gasteiger partial charge in [0.2, 0.25) is 0 Å². The summed E-state index contributed by atoms with van der Waals surface area (Å²) >= 11 is 0. The van der Waals surface area contributed by atoms with Gasteiger partial charge in [0.1, 0.15) is 0 Å². The fourth-order valence-electron chi connectivity index (χ4n) is 5.86. The number of nitrogens with zero attached hydrogens (tertiary/aromatic N) is 1. The Labute approximate surface area is 224 Å². The number of carbonyl (C=O) groups excluding carboxylic acids is 2. The van der Waals surface area contributed by atoms with Gasteiger partial charge in [-0.2, -0.15) is 0 Å². The molecular formula is C32H34N4O2. The molecule has 0 bridgehead atoms. The van der Waals surface area contributed by atoms with Gasteiger partial charge in [-0.3, -0.25) is 14.5 Å². The first-order valence-corrected chi connectivity index (χ1v) is 13.8. The highest BCUT2D eigenvalue weighted by Crippen LogP contribution is 2.34. The molecule has 0 radical (unpaired) electrons.